The molecule has 3 saturated carbocycles. The summed E-state index contributed by atoms with van der Waals surface area (Å²) in [5.74, 6) is -0.812. The Balaban J connectivity index is 1.11. The van der Waals surface area contributed by atoms with Crippen molar-refractivity contribution in [2.24, 2.45) is 10.8 Å². The molecule has 4 fully saturated rings. The first-order valence-corrected chi connectivity index (χ1v) is 23.6. The number of aromatic nitrogens is 1. The number of ether oxygens (including phenoxy) is 3. The number of amides is 4. The fraction of sp³-hybridized carbons (Fsp3) is 0.490. The lowest BCUT2D eigenvalue weighted by Gasteiger charge is -2.50. The van der Waals surface area contributed by atoms with Gasteiger partial charge >= 0.3 is 6.09 Å². The van der Waals surface area contributed by atoms with Crippen LogP contribution in [0.5, 0.6) is 11.5 Å². The van der Waals surface area contributed by atoms with E-state index in [0.717, 1.165) is 11.1 Å². The van der Waals surface area contributed by atoms with Gasteiger partial charge in [-0.3, -0.25) is 19.1 Å². The molecule has 15 heteroatoms. The van der Waals surface area contributed by atoms with Crippen molar-refractivity contribution in [1.82, 2.24) is 25.2 Å². The minimum Gasteiger partial charge on any atom is -0.497 e. The van der Waals surface area contributed by atoms with Gasteiger partial charge < -0.3 is 29.7 Å². The van der Waals surface area contributed by atoms with E-state index < -0.39 is 78.7 Å². The van der Waals surface area contributed by atoms with Crippen molar-refractivity contribution < 1.29 is 41.8 Å². The predicted molar refractivity (Wildman–Crippen MR) is 242 cm³/mol. The third-order valence-electron chi connectivity index (χ3n) is 13.4. The minimum absolute atomic E-state index is 0.0324. The van der Waals surface area contributed by atoms with Gasteiger partial charge in [-0.25, -0.2) is 18.2 Å². The van der Waals surface area contributed by atoms with Crippen molar-refractivity contribution >= 4 is 44.7 Å². The maximum atomic E-state index is 15.0. The molecular formula is C49H59N5O9S. The summed E-state index contributed by atoms with van der Waals surface area (Å²) in [5, 5.41) is 6.52. The highest BCUT2D eigenvalue weighted by atomic mass is 32.2. The zero-order chi connectivity index (χ0) is 45.9. The van der Waals surface area contributed by atoms with Gasteiger partial charge in [0.25, 0.3) is 5.91 Å². The molecule has 64 heavy (non-hydrogen) atoms. The number of pyridine rings is 1. The second kappa shape index (κ2) is 16.4. The van der Waals surface area contributed by atoms with Crippen LogP contribution in [0.15, 0.2) is 84.9 Å². The Morgan fingerprint density at radius 2 is 1.52 bits per heavy atom. The number of fused-ring (bicyclic) bond motifs is 1. The van der Waals surface area contributed by atoms with E-state index in [0.29, 0.717) is 60.2 Å². The minimum atomic E-state index is -4.15. The van der Waals surface area contributed by atoms with Crippen LogP contribution in [-0.4, -0.2) is 89.8 Å². The maximum absolute atomic E-state index is 15.0. The van der Waals surface area contributed by atoms with Crippen molar-refractivity contribution in [3.63, 3.8) is 0 Å². The lowest BCUT2D eigenvalue weighted by Crippen LogP contribution is -2.72. The third-order valence-corrected chi connectivity index (χ3v) is 15.5. The number of hydrogen-bond donors (Lipinski definition) is 3. The highest BCUT2D eigenvalue weighted by Gasteiger charge is 2.71. The number of carbonyl (C=O) groups excluding carboxylic acids is 4. The molecule has 8 rings (SSSR count). The molecule has 4 aromatic rings. The molecular weight excluding hydrogens is 835 g/mol. The Hall–Kier alpha value is -5.70. The van der Waals surface area contributed by atoms with Crippen molar-refractivity contribution in [1.29, 1.82) is 0 Å². The van der Waals surface area contributed by atoms with Crippen LogP contribution in [0.2, 0.25) is 0 Å². The molecule has 1 spiro atoms. The van der Waals surface area contributed by atoms with E-state index >= 15 is 0 Å². The lowest BCUT2D eigenvalue weighted by molar-refractivity contribution is -0.147. The van der Waals surface area contributed by atoms with Gasteiger partial charge in [0.2, 0.25) is 21.8 Å². The Bertz CT molecular complexity index is 2570. The molecule has 3 aromatic carbocycles. The summed E-state index contributed by atoms with van der Waals surface area (Å²) in [6.45, 7) is 10.6. The van der Waals surface area contributed by atoms with E-state index in [1.54, 1.807) is 33.9 Å². The molecule has 2 heterocycles. The van der Waals surface area contributed by atoms with E-state index in [-0.39, 0.29) is 25.8 Å². The first-order chi connectivity index (χ1) is 30.2. The molecule has 4 amide bonds. The highest BCUT2D eigenvalue weighted by molar-refractivity contribution is 7.91. The second-order valence-electron chi connectivity index (χ2n) is 20.1. The van der Waals surface area contributed by atoms with Gasteiger partial charge in [0, 0.05) is 34.9 Å². The van der Waals surface area contributed by atoms with Crippen molar-refractivity contribution in [3.8, 4) is 22.8 Å². The number of hydrogen-bond acceptors (Lipinski definition) is 10. The van der Waals surface area contributed by atoms with E-state index in [4.69, 9.17) is 19.2 Å². The Kier molecular flexibility index (Phi) is 11.5. The smallest absolute Gasteiger partial charge is 0.408 e. The fourth-order valence-corrected chi connectivity index (χ4v) is 11.0. The highest BCUT2D eigenvalue weighted by Crippen LogP contribution is 2.67. The van der Waals surface area contributed by atoms with Gasteiger partial charge in [0.05, 0.1) is 29.6 Å². The van der Waals surface area contributed by atoms with Crippen LogP contribution in [0.3, 0.4) is 0 Å². The molecule has 4 atom stereocenters. The van der Waals surface area contributed by atoms with E-state index in [1.807, 2.05) is 99.6 Å². The lowest BCUT2D eigenvalue weighted by atomic mass is 9.62. The molecule has 1 aliphatic heterocycles. The molecule has 1 aromatic heterocycles. The zero-order valence-corrected chi connectivity index (χ0v) is 38.5. The van der Waals surface area contributed by atoms with Crippen molar-refractivity contribution in [3.05, 3.63) is 90.5 Å². The summed E-state index contributed by atoms with van der Waals surface area (Å²) in [7, 11) is -2.57. The number of rotatable bonds is 13. The number of likely N-dealkylation sites (tertiary alicyclic amines) is 1. The first-order valence-electron chi connectivity index (χ1n) is 22.1. The molecule has 0 radical (unpaired) electrons. The summed E-state index contributed by atoms with van der Waals surface area (Å²) in [4.78, 5) is 64.0. The van der Waals surface area contributed by atoms with E-state index in [9.17, 15) is 27.6 Å². The van der Waals surface area contributed by atoms with Gasteiger partial charge in [-0.05, 0) is 88.8 Å². The second-order valence-corrected chi connectivity index (χ2v) is 22.2. The molecule has 340 valence electrons. The molecule has 3 N–H and O–H groups in total. The summed E-state index contributed by atoms with van der Waals surface area (Å²) in [6, 6.07) is 24.0. The molecule has 0 bridgehead atoms. The van der Waals surface area contributed by atoms with Gasteiger partial charge in [0.15, 0.2) is 0 Å². The number of nitrogens with zero attached hydrogens (tertiary/aromatic N) is 2. The number of benzene rings is 3. The quantitative estimate of drug-likeness (QED) is 0.128. The number of sulfonamides is 1. The average molecular weight is 894 g/mol. The van der Waals surface area contributed by atoms with Gasteiger partial charge in [-0.15, -0.1) is 0 Å². The van der Waals surface area contributed by atoms with Crippen LogP contribution in [0.4, 0.5) is 4.79 Å². The van der Waals surface area contributed by atoms with E-state index in [2.05, 4.69) is 15.4 Å². The average Bonchev–Trinajstić information content (AvgIpc) is 4.18. The summed E-state index contributed by atoms with van der Waals surface area (Å²) in [5.41, 5.74) is -0.808. The predicted octanol–water partition coefficient (Wildman–Crippen LogP) is 6.85. The Labute approximate surface area is 375 Å². The SMILES string of the molecule is COc1ccc2c(O[C@@H]3C[C@@H](C(=O)NC4(C(=O)NS(=O)(=O)C5(Cc6ccccc6)CC5)CCC45CC5)N(C(=O)[C@@H](NC(=O)OC(C)(C)C)C(C)(C)C)C3)cc(-c3ccccc3)nc2c1. The molecule has 3 aliphatic carbocycles. The summed E-state index contributed by atoms with van der Waals surface area (Å²) < 4.78 is 47.3. The normalized spacial score (nSPS) is 22.5. The Morgan fingerprint density at radius 3 is 2.09 bits per heavy atom. The van der Waals surface area contributed by atoms with E-state index in [1.165, 1.54) is 4.90 Å². The van der Waals surface area contributed by atoms with Crippen LogP contribution in [-0.2, 0) is 35.6 Å². The maximum Gasteiger partial charge on any atom is 0.408 e. The molecule has 14 nitrogen and oxygen atoms in total. The topological polar surface area (TPSA) is 182 Å². The van der Waals surface area contributed by atoms with Gasteiger partial charge in [0.1, 0.15) is 40.8 Å². The number of methoxy groups -OCH3 is 1. The van der Waals surface area contributed by atoms with Crippen LogP contribution < -0.4 is 24.8 Å². The van der Waals surface area contributed by atoms with Crippen LogP contribution in [0, 0.1) is 10.8 Å². The fourth-order valence-electron chi connectivity index (χ4n) is 9.37. The monoisotopic (exact) mass is 893 g/mol. The van der Waals surface area contributed by atoms with Crippen LogP contribution in [0.25, 0.3) is 22.2 Å². The molecule has 4 aliphatic rings. The van der Waals surface area contributed by atoms with Gasteiger partial charge in [-0.1, -0.05) is 81.4 Å². The van der Waals surface area contributed by atoms with Crippen LogP contribution in [0.1, 0.15) is 92.1 Å². The number of alkyl carbamates (subject to hydrolysis) is 1. The molecule has 1 saturated heterocycles. The largest absolute Gasteiger partial charge is 0.497 e. The Morgan fingerprint density at radius 1 is 0.859 bits per heavy atom. The zero-order valence-electron chi connectivity index (χ0n) is 37.7. The number of nitrogens with one attached hydrogen (secondary N) is 3. The third kappa shape index (κ3) is 8.75. The van der Waals surface area contributed by atoms with Gasteiger partial charge in [-0.2, -0.15) is 0 Å². The summed E-state index contributed by atoms with van der Waals surface area (Å²) in [6.07, 6.45) is 1.77. The van der Waals surface area contributed by atoms with Crippen molar-refractivity contribution in [2.45, 2.75) is 127 Å². The van der Waals surface area contributed by atoms with Crippen LogP contribution >= 0.6 is 0 Å². The molecule has 1 unspecified atom stereocenters. The first kappa shape index (κ1) is 44.9. The van der Waals surface area contributed by atoms with Crippen molar-refractivity contribution in [2.75, 3.05) is 13.7 Å². The summed E-state index contributed by atoms with van der Waals surface area (Å²) >= 11 is 0. The standard InChI is InChI=1S/C49H59N5O9S/c1-45(2,3)40(51-44(58)63-46(4,5)6)42(56)54-30-34(62-39-28-36(32-16-12-9-13-17-32)50-37-26-33(61-7)18-19-35(37)39)27-38(54)41(55)52-49(25-22-47(49)20-21-47)43(57)53-64(59,60)48(23-24-48)29-31-14-10-8-11-15-31/h8-19,26,28,34,38,40H,20-25,27,29-30H2,1-7H3,(H,51,58)(H,52,55)(H,53,57)/t34-,38+,40-,49?/m1/s1. The number of carbonyl (C=O) groups is 4.